The summed E-state index contributed by atoms with van der Waals surface area (Å²) in [6.45, 7) is 8.14. The molecule has 0 fully saturated rings. The molecule has 0 aliphatic heterocycles. The van der Waals surface area contributed by atoms with Crippen LogP contribution in [-0.2, 0) is 0 Å². The summed E-state index contributed by atoms with van der Waals surface area (Å²) in [5.41, 5.74) is 5.48. The summed E-state index contributed by atoms with van der Waals surface area (Å²) in [6, 6.07) is 24.5. The van der Waals surface area contributed by atoms with E-state index in [0.717, 1.165) is 33.4 Å². The Balaban J connectivity index is 0.000000209. The molecule has 33 heavy (non-hydrogen) atoms. The molecule has 0 aromatic heterocycles. The number of phenolic OH excluding ortho intramolecular Hbond substituents is 4. The van der Waals surface area contributed by atoms with E-state index in [2.05, 4.69) is 13.8 Å². The molecule has 4 rings (SSSR count). The van der Waals surface area contributed by atoms with E-state index >= 15 is 0 Å². The van der Waals surface area contributed by atoms with Crippen LogP contribution in [-0.4, -0.2) is 20.4 Å². The summed E-state index contributed by atoms with van der Waals surface area (Å²) in [6.07, 6.45) is 1.25. The molecule has 0 saturated heterocycles. The Morgan fingerprint density at radius 3 is 1.06 bits per heavy atom. The van der Waals surface area contributed by atoms with E-state index in [4.69, 9.17) is 0 Å². The predicted octanol–water partition coefficient (Wildman–Crippen LogP) is 7.56. The third kappa shape index (κ3) is 7.04. The van der Waals surface area contributed by atoms with Gasteiger partial charge < -0.3 is 20.4 Å². The predicted molar refractivity (Wildman–Crippen MR) is 136 cm³/mol. The first-order valence-electron chi connectivity index (χ1n) is 10.9. The molecule has 4 aromatic rings. The van der Waals surface area contributed by atoms with Crippen LogP contribution in [0.5, 0.6) is 23.0 Å². The van der Waals surface area contributed by atoms with Crippen LogP contribution in [0, 0.1) is 13.8 Å². The average molecular weight is 445 g/mol. The fourth-order valence-corrected chi connectivity index (χ4v) is 3.31. The second kappa shape index (κ2) is 12.2. The van der Waals surface area contributed by atoms with Crippen LogP contribution in [0.4, 0.5) is 0 Å². The zero-order valence-corrected chi connectivity index (χ0v) is 19.6. The Labute approximate surface area is 196 Å². The Morgan fingerprint density at radius 2 is 0.788 bits per heavy atom. The summed E-state index contributed by atoms with van der Waals surface area (Å²) in [7, 11) is 0. The second-order valence-electron chi connectivity index (χ2n) is 7.74. The monoisotopic (exact) mass is 444 g/mol. The fourth-order valence-electron chi connectivity index (χ4n) is 3.31. The summed E-state index contributed by atoms with van der Waals surface area (Å²) < 4.78 is 0. The van der Waals surface area contributed by atoms with Crippen LogP contribution in [0.3, 0.4) is 0 Å². The van der Waals surface area contributed by atoms with Crippen molar-refractivity contribution in [3.05, 3.63) is 96.1 Å². The van der Waals surface area contributed by atoms with Gasteiger partial charge >= 0.3 is 0 Å². The highest BCUT2D eigenvalue weighted by molar-refractivity contribution is 5.74. The van der Waals surface area contributed by atoms with E-state index in [0.29, 0.717) is 0 Å². The second-order valence-corrected chi connectivity index (χ2v) is 7.74. The SMILES string of the molecule is CCC.Cc1cccc(O)c1-c1ccc(O)cc1.Cc1cccc(O)c1-c1ccc(O)cc1. The number of hydrogen-bond acceptors (Lipinski definition) is 4. The van der Waals surface area contributed by atoms with Gasteiger partial charge in [0.15, 0.2) is 0 Å². The number of aryl methyl sites for hydroxylation is 2. The summed E-state index contributed by atoms with van der Waals surface area (Å²) in [4.78, 5) is 0. The molecule has 0 bridgehead atoms. The van der Waals surface area contributed by atoms with Crippen molar-refractivity contribution in [1.29, 1.82) is 0 Å². The summed E-state index contributed by atoms with van der Waals surface area (Å²) in [5, 5.41) is 37.9. The molecule has 0 heterocycles. The highest BCUT2D eigenvalue weighted by atomic mass is 16.3. The smallest absolute Gasteiger partial charge is 0.123 e. The third-order valence-electron chi connectivity index (χ3n) is 4.81. The van der Waals surface area contributed by atoms with E-state index < -0.39 is 0 Å². The van der Waals surface area contributed by atoms with Crippen molar-refractivity contribution in [3.63, 3.8) is 0 Å². The van der Waals surface area contributed by atoms with Gasteiger partial charge in [0.2, 0.25) is 0 Å². The molecule has 0 amide bonds. The van der Waals surface area contributed by atoms with E-state index in [-0.39, 0.29) is 23.0 Å². The molecular formula is C29H32O4. The van der Waals surface area contributed by atoms with Gasteiger partial charge in [0.05, 0.1) is 0 Å². The van der Waals surface area contributed by atoms with Crippen molar-refractivity contribution in [2.45, 2.75) is 34.1 Å². The van der Waals surface area contributed by atoms with Crippen LogP contribution < -0.4 is 0 Å². The number of rotatable bonds is 2. The molecule has 4 aromatic carbocycles. The van der Waals surface area contributed by atoms with E-state index in [1.165, 1.54) is 6.42 Å². The zero-order chi connectivity index (χ0) is 24.4. The van der Waals surface area contributed by atoms with Crippen molar-refractivity contribution in [3.8, 4) is 45.3 Å². The first-order chi connectivity index (χ1) is 15.8. The van der Waals surface area contributed by atoms with Gasteiger partial charge in [0.1, 0.15) is 23.0 Å². The first-order valence-corrected chi connectivity index (χ1v) is 10.9. The molecule has 0 saturated carbocycles. The molecule has 4 heteroatoms. The highest BCUT2D eigenvalue weighted by Gasteiger charge is 2.07. The lowest BCUT2D eigenvalue weighted by molar-refractivity contribution is 0.474. The fraction of sp³-hybridized carbons (Fsp3) is 0.172. The van der Waals surface area contributed by atoms with Crippen LogP contribution in [0.15, 0.2) is 84.9 Å². The van der Waals surface area contributed by atoms with Crippen molar-refractivity contribution in [2.24, 2.45) is 0 Å². The molecule has 0 unspecified atom stereocenters. The van der Waals surface area contributed by atoms with E-state index in [9.17, 15) is 20.4 Å². The molecular weight excluding hydrogens is 412 g/mol. The number of phenols is 4. The largest absolute Gasteiger partial charge is 0.508 e. The Hall–Kier alpha value is -3.92. The van der Waals surface area contributed by atoms with Gasteiger partial charge in [-0.25, -0.2) is 0 Å². The minimum absolute atomic E-state index is 0.229. The van der Waals surface area contributed by atoms with Crippen LogP contribution in [0.2, 0.25) is 0 Å². The van der Waals surface area contributed by atoms with Crippen molar-refractivity contribution < 1.29 is 20.4 Å². The zero-order valence-electron chi connectivity index (χ0n) is 19.6. The Kier molecular flexibility index (Phi) is 9.37. The average Bonchev–Trinajstić information content (AvgIpc) is 2.77. The van der Waals surface area contributed by atoms with Gasteiger partial charge in [-0.1, -0.05) is 68.8 Å². The van der Waals surface area contributed by atoms with Gasteiger partial charge in [0.25, 0.3) is 0 Å². The highest BCUT2D eigenvalue weighted by Crippen LogP contribution is 2.33. The Morgan fingerprint density at radius 1 is 0.485 bits per heavy atom. The maximum Gasteiger partial charge on any atom is 0.123 e. The number of hydrogen-bond donors (Lipinski definition) is 4. The number of benzene rings is 4. The van der Waals surface area contributed by atoms with Crippen molar-refractivity contribution >= 4 is 0 Å². The molecule has 172 valence electrons. The van der Waals surface area contributed by atoms with E-state index in [1.54, 1.807) is 60.7 Å². The lowest BCUT2D eigenvalue weighted by Gasteiger charge is -2.08. The third-order valence-corrected chi connectivity index (χ3v) is 4.81. The maximum atomic E-state index is 9.75. The topological polar surface area (TPSA) is 80.9 Å². The van der Waals surface area contributed by atoms with Gasteiger partial charge in [0, 0.05) is 11.1 Å². The molecule has 0 aliphatic rings. The van der Waals surface area contributed by atoms with E-state index in [1.807, 2.05) is 38.1 Å². The van der Waals surface area contributed by atoms with Crippen molar-refractivity contribution in [2.75, 3.05) is 0 Å². The normalized spacial score (nSPS) is 9.82. The van der Waals surface area contributed by atoms with Crippen LogP contribution >= 0.6 is 0 Å². The van der Waals surface area contributed by atoms with Gasteiger partial charge in [-0.2, -0.15) is 0 Å². The standard InChI is InChI=1S/2C13H12O2.C3H8/c2*1-9-3-2-4-12(15)13(9)10-5-7-11(14)8-6-10;1-3-2/h2*2-8,14-15H,1H3;3H2,1-2H3. The lowest BCUT2D eigenvalue weighted by Crippen LogP contribution is -1.83. The first kappa shape index (κ1) is 25.3. The van der Waals surface area contributed by atoms with Crippen molar-refractivity contribution in [1.82, 2.24) is 0 Å². The van der Waals surface area contributed by atoms with Gasteiger partial charge in [-0.05, 0) is 72.5 Å². The van der Waals surface area contributed by atoms with Gasteiger partial charge in [-0.15, -0.1) is 0 Å². The molecule has 0 atom stereocenters. The quantitative estimate of drug-likeness (QED) is 0.257. The summed E-state index contributed by atoms with van der Waals surface area (Å²) >= 11 is 0. The molecule has 0 spiro atoms. The number of aromatic hydroxyl groups is 4. The molecule has 0 radical (unpaired) electrons. The molecule has 0 aliphatic carbocycles. The van der Waals surface area contributed by atoms with Crippen LogP contribution in [0.1, 0.15) is 31.4 Å². The molecule has 4 N–H and O–H groups in total. The van der Waals surface area contributed by atoms with Crippen LogP contribution in [0.25, 0.3) is 22.3 Å². The summed E-state index contributed by atoms with van der Waals surface area (Å²) in [5.74, 6) is 0.986. The van der Waals surface area contributed by atoms with Gasteiger partial charge in [-0.3, -0.25) is 0 Å². The minimum Gasteiger partial charge on any atom is -0.508 e. The lowest BCUT2D eigenvalue weighted by atomic mass is 9.99. The molecule has 4 nitrogen and oxygen atoms in total. The maximum absolute atomic E-state index is 9.75. The minimum atomic E-state index is 0.229. The Bertz CT molecular complexity index is 1010.